The van der Waals surface area contributed by atoms with Crippen LogP contribution >= 0.6 is 0 Å². The van der Waals surface area contributed by atoms with Crippen LogP contribution in [-0.2, 0) is 9.53 Å². The van der Waals surface area contributed by atoms with Gasteiger partial charge in [0.25, 0.3) is 0 Å². The van der Waals surface area contributed by atoms with Gasteiger partial charge in [-0.1, -0.05) is 26.7 Å². The van der Waals surface area contributed by atoms with Gasteiger partial charge in [-0.2, -0.15) is 0 Å². The fourth-order valence-electron chi connectivity index (χ4n) is 2.50. The molecule has 3 heteroatoms. The van der Waals surface area contributed by atoms with Gasteiger partial charge in [0.2, 0.25) is 0 Å². The van der Waals surface area contributed by atoms with Crippen molar-refractivity contribution in [3.8, 4) is 0 Å². The van der Waals surface area contributed by atoms with Crippen LogP contribution in [0.3, 0.4) is 0 Å². The minimum Gasteiger partial charge on any atom is -0.464 e. The third-order valence-corrected chi connectivity index (χ3v) is 3.50. The molecule has 2 unspecified atom stereocenters. The summed E-state index contributed by atoms with van der Waals surface area (Å²) in [5.41, 5.74) is 0.0461. The van der Waals surface area contributed by atoms with E-state index in [1.807, 2.05) is 0 Å². The highest BCUT2D eigenvalue weighted by Gasteiger charge is 2.40. The van der Waals surface area contributed by atoms with Crippen LogP contribution in [0.5, 0.6) is 0 Å². The smallest absolute Gasteiger partial charge is 0.335 e. The summed E-state index contributed by atoms with van der Waals surface area (Å²) in [6, 6.07) is 0. The number of aliphatic hydroxyl groups excluding tert-OH is 1. The number of hydrogen-bond donors (Lipinski definition) is 1. The summed E-state index contributed by atoms with van der Waals surface area (Å²) in [6.45, 7) is 6.35. The second-order valence-corrected chi connectivity index (χ2v) is 5.04. The highest BCUT2D eigenvalue weighted by atomic mass is 16.5. The second kappa shape index (κ2) is 4.97. The topological polar surface area (TPSA) is 46.5 Å². The molecule has 0 aromatic rings. The maximum atomic E-state index is 11.5. The summed E-state index contributed by atoms with van der Waals surface area (Å²) in [6.07, 6.45) is 3.35. The van der Waals surface area contributed by atoms with Crippen LogP contribution in [0.2, 0.25) is 0 Å². The van der Waals surface area contributed by atoms with E-state index in [1.54, 1.807) is 6.92 Å². The predicted octanol–water partition coefficient (Wildman–Crippen LogP) is 2.13. The maximum Gasteiger partial charge on any atom is 0.335 e. The van der Waals surface area contributed by atoms with E-state index in [9.17, 15) is 9.90 Å². The molecule has 1 aliphatic carbocycles. The molecular weight excluding hydrogens is 192 g/mol. The van der Waals surface area contributed by atoms with Gasteiger partial charge in [-0.3, -0.25) is 0 Å². The molecule has 3 nitrogen and oxygen atoms in total. The lowest BCUT2D eigenvalue weighted by Gasteiger charge is -2.40. The minimum absolute atomic E-state index is 0.0461. The van der Waals surface area contributed by atoms with Crippen molar-refractivity contribution in [3.63, 3.8) is 0 Å². The Morgan fingerprint density at radius 1 is 1.53 bits per heavy atom. The van der Waals surface area contributed by atoms with E-state index >= 15 is 0 Å². The standard InChI is InChI=1S/C12H22O3/c1-4-15-11(14)10(13)9-7-5-6-8-12(9,2)3/h9-10,13H,4-8H2,1-3H3. The van der Waals surface area contributed by atoms with Gasteiger partial charge in [-0.15, -0.1) is 0 Å². The lowest BCUT2D eigenvalue weighted by Crippen LogP contribution is -2.41. The molecule has 0 bridgehead atoms. The Morgan fingerprint density at radius 3 is 2.73 bits per heavy atom. The average molecular weight is 214 g/mol. The van der Waals surface area contributed by atoms with Crippen molar-refractivity contribution in [2.75, 3.05) is 6.61 Å². The van der Waals surface area contributed by atoms with Crippen LogP contribution in [0.25, 0.3) is 0 Å². The van der Waals surface area contributed by atoms with Crippen LogP contribution in [-0.4, -0.2) is 23.8 Å². The zero-order valence-corrected chi connectivity index (χ0v) is 9.95. The molecule has 0 amide bonds. The Kier molecular flexibility index (Phi) is 4.14. The number of rotatable bonds is 3. The summed E-state index contributed by atoms with van der Waals surface area (Å²) >= 11 is 0. The quantitative estimate of drug-likeness (QED) is 0.732. The Labute approximate surface area is 91.8 Å². The average Bonchev–Trinajstić information content (AvgIpc) is 2.16. The second-order valence-electron chi connectivity index (χ2n) is 5.04. The third kappa shape index (κ3) is 2.94. The molecule has 2 atom stereocenters. The van der Waals surface area contributed by atoms with Gasteiger partial charge >= 0.3 is 5.97 Å². The normalized spacial score (nSPS) is 27.1. The lowest BCUT2D eigenvalue weighted by molar-refractivity contribution is -0.160. The van der Waals surface area contributed by atoms with E-state index in [0.29, 0.717) is 6.61 Å². The monoisotopic (exact) mass is 214 g/mol. The molecule has 1 fully saturated rings. The zero-order valence-electron chi connectivity index (χ0n) is 9.95. The molecule has 0 heterocycles. The number of carbonyl (C=O) groups is 1. The Balaban J connectivity index is 2.64. The molecule has 88 valence electrons. The highest BCUT2D eigenvalue weighted by molar-refractivity contribution is 5.74. The number of hydrogen-bond acceptors (Lipinski definition) is 3. The lowest BCUT2D eigenvalue weighted by atomic mass is 9.66. The molecular formula is C12H22O3. The molecule has 1 saturated carbocycles. The van der Waals surface area contributed by atoms with Crippen molar-refractivity contribution in [2.45, 2.75) is 52.6 Å². The van der Waals surface area contributed by atoms with Crippen LogP contribution in [0, 0.1) is 11.3 Å². The first kappa shape index (κ1) is 12.5. The molecule has 15 heavy (non-hydrogen) atoms. The van der Waals surface area contributed by atoms with Crippen LogP contribution in [0.15, 0.2) is 0 Å². The van der Waals surface area contributed by atoms with Gasteiger partial charge in [0, 0.05) is 5.92 Å². The van der Waals surface area contributed by atoms with Gasteiger partial charge in [-0.05, 0) is 25.2 Å². The Morgan fingerprint density at radius 2 is 2.20 bits per heavy atom. The van der Waals surface area contributed by atoms with Crippen molar-refractivity contribution in [2.24, 2.45) is 11.3 Å². The van der Waals surface area contributed by atoms with Crippen LogP contribution < -0.4 is 0 Å². The molecule has 0 saturated heterocycles. The Bertz CT molecular complexity index is 223. The fraction of sp³-hybridized carbons (Fsp3) is 0.917. The molecule has 0 aromatic carbocycles. The first-order chi connectivity index (χ1) is 6.99. The molecule has 1 aliphatic rings. The number of aliphatic hydroxyl groups is 1. The number of carbonyl (C=O) groups excluding carboxylic acids is 1. The minimum atomic E-state index is -0.944. The van der Waals surface area contributed by atoms with Crippen molar-refractivity contribution in [1.29, 1.82) is 0 Å². The summed E-state index contributed by atoms with van der Waals surface area (Å²) in [5.74, 6) is -0.414. The van der Waals surface area contributed by atoms with Crippen molar-refractivity contribution in [1.82, 2.24) is 0 Å². The Hall–Kier alpha value is -0.570. The first-order valence-electron chi connectivity index (χ1n) is 5.83. The van der Waals surface area contributed by atoms with Gasteiger partial charge in [0.15, 0.2) is 6.10 Å². The number of ether oxygens (including phenoxy) is 1. The SMILES string of the molecule is CCOC(=O)C(O)C1CCCCC1(C)C. The molecule has 0 radical (unpaired) electrons. The van der Waals surface area contributed by atoms with Crippen molar-refractivity contribution < 1.29 is 14.6 Å². The molecule has 1 N–H and O–H groups in total. The van der Waals surface area contributed by atoms with E-state index < -0.39 is 12.1 Å². The first-order valence-corrected chi connectivity index (χ1v) is 5.83. The van der Waals surface area contributed by atoms with Crippen molar-refractivity contribution in [3.05, 3.63) is 0 Å². The summed E-state index contributed by atoms with van der Waals surface area (Å²) < 4.78 is 4.86. The van der Waals surface area contributed by atoms with E-state index in [-0.39, 0.29) is 11.3 Å². The van der Waals surface area contributed by atoms with Gasteiger partial charge in [0.1, 0.15) is 0 Å². The molecule has 0 aromatic heterocycles. The maximum absolute atomic E-state index is 11.5. The fourth-order valence-corrected chi connectivity index (χ4v) is 2.50. The molecule has 1 rings (SSSR count). The van der Waals surface area contributed by atoms with E-state index in [2.05, 4.69) is 13.8 Å². The van der Waals surface area contributed by atoms with Gasteiger partial charge in [0.05, 0.1) is 6.61 Å². The highest BCUT2D eigenvalue weighted by Crippen LogP contribution is 2.42. The van der Waals surface area contributed by atoms with E-state index in [0.717, 1.165) is 19.3 Å². The van der Waals surface area contributed by atoms with Crippen LogP contribution in [0.4, 0.5) is 0 Å². The molecule has 0 spiro atoms. The van der Waals surface area contributed by atoms with E-state index in [1.165, 1.54) is 6.42 Å². The summed E-state index contributed by atoms with van der Waals surface area (Å²) in [5, 5.41) is 9.93. The molecule has 0 aliphatic heterocycles. The zero-order chi connectivity index (χ0) is 11.5. The van der Waals surface area contributed by atoms with Crippen LogP contribution in [0.1, 0.15) is 46.5 Å². The summed E-state index contributed by atoms with van der Waals surface area (Å²) in [4.78, 5) is 11.5. The van der Waals surface area contributed by atoms with Gasteiger partial charge < -0.3 is 9.84 Å². The van der Waals surface area contributed by atoms with Gasteiger partial charge in [-0.25, -0.2) is 4.79 Å². The largest absolute Gasteiger partial charge is 0.464 e. The summed E-state index contributed by atoms with van der Waals surface area (Å²) in [7, 11) is 0. The number of esters is 1. The predicted molar refractivity (Wildman–Crippen MR) is 58.4 cm³/mol. The van der Waals surface area contributed by atoms with Crippen molar-refractivity contribution >= 4 is 5.97 Å². The third-order valence-electron chi connectivity index (χ3n) is 3.50. The van der Waals surface area contributed by atoms with E-state index in [4.69, 9.17) is 4.74 Å².